The minimum Gasteiger partial charge on any atom is -0.493 e. The number of methoxy groups -OCH3 is 1. The van der Waals surface area contributed by atoms with Crippen molar-refractivity contribution in [1.82, 2.24) is 0 Å². The number of hydrogen-bond acceptors (Lipinski definition) is 5. The zero-order chi connectivity index (χ0) is 15.9. The molecule has 22 heavy (non-hydrogen) atoms. The molecule has 6 nitrogen and oxygen atoms in total. The predicted molar refractivity (Wildman–Crippen MR) is 81.3 cm³/mol. The van der Waals surface area contributed by atoms with E-state index in [-0.39, 0.29) is 18.6 Å². The second-order valence-corrected chi connectivity index (χ2v) is 5.41. The summed E-state index contributed by atoms with van der Waals surface area (Å²) >= 11 is 0. The molecule has 1 heterocycles. The molecule has 0 saturated carbocycles. The number of hydrogen-bond donors (Lipinski definition) is 2. The van der Waals surface area contributed by atoms with Crippen molar-refractivity contribution in [2.45, 2.75) is 37.8 Å². The van der Waals surface area contributed by atoms with Crippen molar-refractivity contribution < 1.29 is 24.1 Å². The van der Waals surface area contributed by atoms with Crippen LogP contribution >= 0.6 is 0 Å². The maximum Gasteiger partial charge on any atom is 0.303 e. The number of carboxylic acid groups (broad SMARTS) is 1. The first-order valence-electron chi connectivity index (χ1n) is 7.50. The van der Waals surface area contributed by atoms with Crippen LogP contribution in [0.2, 0.25) is 0 Å². The van der Waals surface area contributed by atoms with Crippen LogP contribution in [0.25, 0.3) is 0 Å². The van der Waals surface area contributed by atoms with Crippen molar-refractivity contribution in [3.63, 3.8) is 0 Å². The normalized spacial score (nSPS) is 19.5. The fourth-order valence-electron chi connectivity index (χ4n) is 2.45. The number of carboxylic acids is 1. The highest BCUT2D eigenvalue weighted by atomic mass is 16.5. The van der Waals surface area contributed by atoms with E-state index in [4.69, 9.17) is 25.1 Å². The lowest BCUT2D eigenvalue weighted by molar-refractivity contribution is -0.137. The number of ether oxygens (including phenoxy) is 3. The Balaban J connectivity index is 2.09. The van der Waals surface area contributed by atoms with Crippen molar-refractivity contribution in [3.8, 4) is 11.5 Å². The first-order chi connectivity index (χ1) is 10.6. The molecule has 2 unspecified atom stereocenters. The summed E-state index contributed by atoms with van der Waals surface area (Å²) in [5.41, 5.74) is 6.89. The number of nitrogens with two attached hydrogens (primary N) is 1. The van der Waals surface area contributed by atoms with Crippen molar-refractivity contribution in [1.29, 1.82) is 0 Å². The Kier molecular flexibility index (Phi) is 6.03. The summed E-state index contributed by atoms with van der Waals surface area (Å²) in [6, 6.07) is 5.14. The number of aliphatic carboxylic acids is 1. The van der Waals surface area contributed by atoms with Gasteiger partial charge in [-0.1, -0.05) is 6.07 Å². The van der Waals surface area contributed by atoms with E-state index in [9.17, 15) is 4.79 Å². The second kappa shape index (κ2) is 8.00. The van der Waals surface area contributed by atoms with Crippen LogP contribution in [0.5, 0.6) is 11.5 Å². The molecule has 1 fully saturated rings. The van der Waals surface area contributed by atoms with Crippen LogP contribution in [0.4, 0.5) is 0 Å². The fourth-order valence-corrected chi connectivity index (χ4v) is 2.45. The quantitative estimate of drug-likeness (QED) is 0.801. The Hall–Kier alpha value is -1.79. The van der Waals surface area contributed by atoms with Gasteiger partial charge in [-0.3, -0.25) is 4.79 Å². The summed E-state index contributed by atoms with van der Waals surface area (Å²) in [6.45, 7) is 1.34. The van der Waals surface area contributed by atoms with Crippen molar-refractivity contribution in [2.24, 2.45) is 5.73 Å². The molecule has 2 rings (SSSR count). The minimum atomic E-state index is -0.847. The molecule has 1 aromatic carbocycles. The zero-order valence-electron chi connectivity index (χ0n) is 12.8. The van der Waals surface area contributed by atoms with Gasteiger partial charge in [0.25, 0.3) is 0 Å². The van der Waals surface area contributed by atoms with Gasteiger partial charge >= 0.3 is 5.97 Å². The standard InChI is InChI=1S/C16H23NO5/c1-20-14-6-4-11(13(17)5-7-16(18)19)9-15(14)22-12-3-2-8-21-10-12/h4,6,9,12-13H,2-3,5,7-8,10,17H2,1H3,(H,18,19). The molecule has 0 amide bonds. The van der Waals surface area contributed by atoms with Gasteiger partial charge in [0.2, 0.25) is 0 Å². The van der Waals surface area contributed by atoms with Crippen LogP contribution in [-0.2, 0) is 9.53 Å². The molecule has 0 bridgehead atoms. The van der Waals surface area contributed by atoms with E-state index in [2.05, 4.69) is 0 Å². The third kappa shape index (κ3) is 4.61. The minimum absolute atomic E-state index is 0.00754. The van der Waals surface area contributed by atoms with Gasteiger partial charge in [-0.25, -0.2) is 0 Å². The Morgan fingerprint density at radius 1 is 1.50 bits per heavy atom. The molecule has 1 aliphatic rings. The second-order valence-electron chi connectivity index (χ2n) is 5.41. The van der Waals surface area contributed by atoms with Crippen molar-refractivity contribution >= 4 is 5.97 Å². The van der Waals surface area contributed by atoms with E-state index in [1.807, 2.05) is 12.1 Å². The molecule has 0 spiro atoms. The van der Waals surface area contributed by atoms with E-state index >= 15 is 0 Å². The van der Waals surface area contributed by atoms with Crippen LogP contribution < -0.4 is 15.2 Å². The van der Waals surface area contributed by atoms with E-state index < -0.39 is 5.97 Å². The van der Waals surface area contributed by atoms with Crippen molar-refractivity contribution in [3.05, 3.63) is 23.8 Å². The lowest BCUT2D eigenvalue weighted by Gasteiger charge is -2.25. The molecular formula is C16H23NO5. The average Bonchev–Trinajstić information content (AvgIpc) is 2.53. The summed E-state index contributed by atoms with van der Waals surface area (Å²) in [7, 11) is 1.59. The maximum absolute atomic E-state index is 10.7. The molecule has 0 aromatic heterocycles. The molecule has 1 saturated heterocycles. The van der Waals surface area contributed by atoms with Crippen LogP contribution in [-0.4, -0.2) is 37.5 Å². The Morgan fingerprint density at radius 3 is 2.95 bits per heavy atom. The molecule has 2 atom stereocenters. The van der Waals surface area contributed by atoms with E-state index in [0.29, 0.717) is 24.5 Å². The van der Waals surface area contributed by atoms with Crippen LogP contribution in [0.1, 0.15) is 37.3 Å². The molecule has 1 aliphatic heterocycles. The molecule has 122 valence electrons. The fraction of sp³-hybridized carbons (Fsp3) is 0.562. The zero-order valence-corrected chi connectivity index (χ0v) is 12.8. The van der Waals surface area contributed by atoms with Gasteiger partial charge in [-0.05, 0) is 37.0 Å². The highest BCUT2D eigenvalue weighted by Gasteiger charge is 2.19. The summed E-state index contributed by atoms with van der Waals surface area (Å²) in [4.78, 5) is 10.7. The number of carbonyl (C=O) groups is 1. The van der Waals surface area contributed by atoms with Gasteiger partial charge in [0.05, 0.1) is 13.7 Å². The van der Waals surface area contributed by atoms with Gasteiger partial charge in [-0.15, -0.1) is 0 Å². The van der Waals surface area contributed by atoms with E-state index in [1.54, 1.807) is 13.2 Å². The van der Waals surface area contributed by atoms with E-state index in [0.717, 1.165) is 25.0 Å². The number of rotatable bonds is 7. The first-order valence-corrected chi connectivity index (χ1v) is 7.50. The van der Waals surface area contributed by atoms with Gasteiger partial charge in [-0.2, -0.15) is 0 Å². The Labute approximate surface area is 130 Å². The Bertz CT molecular complexity index is 499. The average molecular weight is 309 g/mol. The van der Waals surface area contributed by atoms with Crippen LogP contribution in [0.3, 0.4) is 0 Å². The smallest absolute Gasteiger partial charge is 0.303 e. The monoisotopic (exact) mass is 309 g/mol. The third-order valence-corrected chi connectivity index (χ3v) is 3.70. The lowest BCUT2D eigenvalue weighted by Crippen LogP contribution is -2.28. The maximum atomic E-state index is 10.7. The summed E-state index contributed by atoms with van der Waals surface area (Å²) in [5.74, 6) is 0.417. The van der Waals surface area contributed by atoms with Gasteiger partial charge < -0.3 is 25.1 Å². The molecule has 3 N–H and O–H groups in total. The van der Waals surface area contributed by atoms with Crippen molar-refractivity contribution in [2.75, 3.05) is 20.3 Å². The Morgan fingerprint density at radius 2 is 2.32 bits per heavy atom. The summed E-state index contributed by atoms with van der Waals surface area (Å²) < 4.78 is 16.7. The SMILES string of the molecule is COc1ccc(C(N)CCC(=O)O)cc1OC1CCCOC1. The third-order valence-electron chi connectivity index (χ3n) is 3.70. The van der Waals surface area contributed by atoms with Gasteiger partial charge in [0, 0.05) is 19.1 Å². The van der Waals surface area contributed by atoms with Gasteiger partial charge in [0.1, 0.15) is 6.10 Å². The molecule has 1 aromatic rings. The lowest BCUT2D eigenvalue weighted by atomic mass is 10.0. The highest BCUT2D eigenvalue weighted by molar-refractivity contribution is 5.66. The summed E-state index contributed by atoms with van der Waals surface area (Å²) in [6.07, 6.45) is 2.35. The topological polar surface area (TPSA) is 91.0 Å². The number of benzene rings is 1. The van der Waals surface area contributed by atoms with E-state index in [1.165, 1.54) is 0 Å². The molecule has 0 aliphatic carbocycles. The molecular weight excluding hydrogens is 286 g/mol. The van der Waals surface area contributed by atoms with Crippen LogP contribution in [0.15, 0.2) is 18.2 Å². The van der Waals surface area contributed by atoms with Gasteiger partial charge in [0.15, 0.2) is 11.5 Å². The van der Waals surface area contributed by atoms with Crippen LogP contribution in [0, 0.1) is 0 Å². The predicted octanol–water partition coefficient (Wildman–Crippen LogP) is 2.12. The molecule has 6 heteroatoms. The summed E-state index contributed by atoms with van der Waals surface area (Å²) in [5, 5.41) is 8.75. The molecule has 0 radical (unpaired) electrons. The highest BCUT2D eigenvalue weighted by Crippen LogP contribution is 2.32. The first kappa shape index (κ1) is 16.6. The largest absolute Gasteiger partial charge is 0.493 e.